The van der Waals surface area contributed by atoms with Crippen molar-refractivity contribution in [3.8, 4) is 0 Å². The van der Waals surface area contributed by atoms with E-state index in [1.54, 1.807) is 0 Å². The second-order valence-electron chi connectivity index (χ2n) is 2.90. The number of rotatable bonds is 4. The Bertz CT molecular complexity index is 59.6. The van der Waals surface area contributed by atoms with Crippen LogP contribution in [0.3, 0.4) is 0 Å². The largest absolute Gasteiger partial charge is 0.159 e. The molecule has 9 heavy (non-hydrogen) atoms. The Morgan fingerprint density at radius 2 is 1.78 bits per heavy atom. The van der Waals surface area contributed by atoms with Gasteiger partial charge < -0.3 is 0 Å². The van der Waals surface area contributed by atoms with E-state index in [-0.39, 0.29) is 0 Å². The molecule has 0 aliphatic rings. The summed E-state index contributed by atoms with van der Waals surface area (Å²) in [6.07, 6.45) is 1.32. The van der Waals surface area contributed by atoms with Gasteiger partial charge >= 0.3 is 0 Å². The van der Waals surface area contributed by atoms with Crippen molar-refractivity contribution in [1.82, 2.24) is 0 Å². The normalized spacial score (nSPS) is 14.3. The second kappa shape index (κ2) is 5.16. The second-order valence-corrected chi connectivity index (χ2v) is 4.50. The monoisotopic (exact) mass is 146 g/mol. The van der Waals surface area contributed by atoms with E-state index in [4.69, 9.17) is 0 Å². The Balaban J connectivity index is 3.06. The molecule has 0 heterocycles. The van der Waals surface area contributed by atoms with E-state index < -0.39 is 0 Å². The summed E-state index contributed by atoms with van der Waals surface area (Å²) in [5, 5.41) is 0.805. The first kappa shape index (κ1) is 9.35. The molecule has 0 aliphatic heterocycles. The van der Waals surface area contributed by atoms with Crippen LogP contribution in [0.15, 0.2) is 0 Å². The maximum atomic E-state index is 2.31. The van der Waals surface area contributed by atoms with Gasteiger partial charge in [0.2, 0.25) is 0 Å². The lowest BCUT2D eigenvalue weighted by molar-refractivity contribution is 0.636. The van der Waals surface area contributed by atoms with Gasteiger partial charge in [-0.3, -0.25) is 0 Å². The van der Waals surface area contributed by atoms with Gasteiger partial charge in [-0.2, -0.15) is 11.8 Å². The molecule has 0 fully saturated rings. The van der Waals surface area contributed by atoms with Crippen LogP contribution in [0.4, 0.5) is 0 Å². The zero-order valence-electron chi connectivity index (χ0n) is 6.98. The summed E-state index contributed by atoms with van der Waals surface area (Å²) in [6.45, 7) is 9.08. The zero-order chi connectivity index (χ0) is 7.28. The Hall–Kier alpha value is 0.350. The molecule has 1 atom stereocenters. The van der Waals surface area contributed by atoms with Crippen molar-refractivity contribution in [2.24, 2.45) is 5.92 Å². The first-order valence-corrected chi connectivity index (χ1v) is 4.83. The fraction of sp³-hybridized carbons (Fsp3) is 1.00. The first-order valence-electron chi connectivity index (χ1n) is 3.78. The predicted molar refractivity (Wildman–Crippen MR) is 47.0 cm³/mol. The summed E-state index contributed by atoms with van der Waals surface area (Å²) >= 11 is 2.06. The topological polar surface area (TPSA) is 0 Å². The van der Waals surface area contributed by atoms with Gasteiger partial charge in [-0.15, -0.1) is 0 Å². The van der Waals surface area contributed by atoms with E-state index in [9.17, 15) is 0 Å². The van der Waals surface area contributed by atoms with Crippen LogP contribution >= 0.6 is 11.8 Å². The Morgan fingerprint density at radius 1 is 1.22 bits per heavy atom. The van der Waals surface area contributed by atoms with Crippen molar-refractivity contribution < 1.29 is 0 Å². The fourth-order valence-electron chi connectivity index (χ4n) is 0.475. The van der Waals surface area contributed by atoms with Gasteiger partial charge in [0, 0.05) is 0 Å². The van der Waals surface area contributed by atoms with Crippen LogP contribution < -0.4 is 0 Å². The van der Waals surface area contributed by atoms with Crippen molar-refractivity contribution in [2.45, 2.75) is 39.4 Å². The van der Waals surface area contributed by atoms with Crippen molar-refractivity contribution >= 4 is 11.8 Å². The minimum atomic E-state index is 0.805. The molecule has 1 unspecified atom stereocenters. The molecule has 56 valence electrons. The predicted octanol–water partition coefficient (Wildman–Crippen LogP) is 3.17. The Labute approximate surface area is 63.4 Å². The quantitative estimate of drug-likeness (QED) is 0.587. The van der Waals surface area contributed by atoms with E-state index in [2.05, 4.69) is 39.5 Å². The minimum absolute atomic E-state index is 0.805. The lowest BCUT2D eigenvalue weighted by atomic mass is 10.2. The lowest BCUT2D eigenvalue weighted by Crippen LogP contribution is -1.99. The molecule has 0 spiro atoms. The molecular weight excluding hydrogens is 128 g/mol. The summed E-state index contributed by atoms with van der Waals surface area (Å²) in [4.78, 5) is 0. The average Bonchev–Trinajstić information content (AvgIpc) is 1.83. The summed E-state index contributed by atoms with van der Waals surface area (Å²) in [5.41, 5.74) is 0. The number of hydrogen-bond acceptors (Lipinski definition) is 1. The highest BCUT2D eigenvalue weighted by Crippen LogP contribution is 2.15. The van der Waals surface area contributed by atoms with E-state index >= 15 is 0 Å². The highest BCUT2D eigenvalue weighted by molar-refractivity contribution is 7.99. The van der Waals surface area contributed by atoms with Gasteiger partial charge in [0.25, 0.3) is 0 Å². The van der Waals surface area contributed by atoms with Crippen molar-refractivity contribution in [2.75, 3.05) is 5.75 Å². The molecule has 0 nitrogen and oxygen atoms in total. The molecule has 1 heteroatoms. The molecule has 0 radical (unpaired) electrons. The zero-order valence-corrected chi connectivity index (χ0v) is 7.79. The Morgan fingerprint density at radius 3 is 2.11 bits per heavy atom. The van der Waals surface area contributed by atoms with E-state index in [0.29, 0.717) is 0 Å². The maximum absolute atomic E-state index is 2.31. The van der Waals surface area contributed by atoms with Crippen LogP contribution in [0.5, 0.6) is 0 Å². The number of hydrogen-bond donors (Lipinski definition) is 0. The Kier molecular flexibility index (Phi) is 5.36. The third-order valence-corrected chi connectivity index (χ3v) is 2.84. The molecular formula is C8H18S. The molecule has 0 aromatic carbocycles. The molecule has 0 bridgehead atoms. The molecule has 0 saturated heterocycles. The molecule has 0 rings (SSSR count). The third kappa shape index (κ3) is 6.23. The fourth-order valence-corrected chi connectivity index (χ4v) is 1.42. The molecule has 0 aromatic heterocycles. The van der Waals surface area contributed by atoms with Gasteiger partial charge in [0.05, 0.1) is 0 Å². The first-order chi connectivity index (χ1) is 4.16. The third-order valence-electron chi connectivity index (χ3n) is 1.41. The summed E-state index contributed by atoms with van der Waals surface area (Å²) < 4.78 is 0. The maximum Gasteiger partial charge on any atom is -0.000958 e. The van der Waals surface area contributed by atoms with E-state index in [0.717, 1.165) is 11.2 Å². The highest BCUT2D eigenvalue weighted by atomic mass is 32.2. The molecule has 0 aliphatic carbocycles. The lowest BCUT2D eigenvalue weighted by Gasteiger charge is -2.09. The minimum Gasteiger partial charge on any atom is -0.159 e. The van der Waals surface area contributed by atoms with Crippen LogP contribution in [-0.4, -0.2) is 11.0 Å². The van der Waals surface area contributed by atoms with E-state index in [1.807, 2.05) is 0 Å². The smallest absolute Gasteiger partial charge is 0.000958 e. The highest BCUT2D eigenvalue weighted by Gasteiger charge is 1.99. The molecule has 0 N–H and O–H groups in total. The van der Waals surface area contributed by atoms with Crippen LogP contribution in [0.1, 0.15) is 34.1 Å². The number of thioether (sulfide) groups is 1. The van der Waals surface area contributed by atoms with Gasteiger partial charge in [0.1, 0.15) is 0 Å². The van der Waals surface area contributed by atoms with Gasteiger partial charge in [-0.05, 0) is 16.9 Å². The van der Waals surface area contributed by atoms with Crippen molar-refractivity contribution in [3.63, 3.8) is 0 Å². The SMILES string of the molecule is CCC(C)CSC(C)C. The van der Waals surface area contributed by atoms with Crippen LogP contribution in [0.25, 0.3) is 0 Å². The standard InChI is InChI=1S/C8H18S/c1-5-8(4)6-9-7(2)3/h7-8H,5-6H2,1-4H3. The van der Waals surface area contributed by atoms with Crippen LogP contribution in [0, 0.1) is 5.92 Å². The van der Waals surface area contributed by atoms with Gasteiger partial charge in [-0.25, -0.2) is 0 Å². The summed E-state index contributed by atoms with van der Waals surface area (Å²) in [5.74, 6) is 2.23. The van der Waals surface area contributed by atoms with E-state index in [1.165, 1.54) is 12.2 Å². The summed E-state index contributed by atoms with van der Waals surface area (Å²) in [6, 6.07) is 0. The van der Waals surface area contributed by atoms with Gasteiger partial charge in [0.15, 0.2) is 0 Å². The molecule has 0 saturated carbocycles. The van der Waals surface area contributed by atoms with Crippen LogP contribution in [0.2, 0.25) is 0 Å². The van der Waals surface area contributed by atoms with Crippen molar-refractivity contribution in [1.29, 1.82) is 0 Å². The summed E-state index contributed by atoms with van der Waals surface area (Å²) in [7, 11) is 0. The molecule has 0 amide bonds. The average molecular weight is 146 g/mol. The molecule has 0 aromatic rings. The van der Waals surface area contributed by atoms with Gasteiger partial charge in [-0.1, -0.05) is 34.1 Å². The van der Waals surface area contributed by atoms with Crippen molar-refractivity contribution in [3.05, 3.63) is 0 Å². The van der Waals surface area contributed by atoms with Crippen LogP contribution in [-0.2, 0) is 0 Å².